The Labute approximate surface area is 63.5 Å². The van der Waals surface area contributed by atoms with Gasteiger partial charge in [0.1, 0.15) is 0 Å². The van der Waals surface area contributed by atoms with E-state index < -0.39 is 0 Å². The van der Waals surface area contributed by atoms with Crippen molar-refractivity contribution in [2.75, 3.05) is 0 Å². The van der Waals surface area contributed by atoms with E-state index in [0.717, 1.165) is 0 Å². The van der Waals surface area contributed by atoms with Gasteiger partial charge >= 0.3 is 0 Å². The molecule has 1 nitrogen and oxygen atoms in total. The van der Waals surface area contributed by atoms with Crippen LogP contribution in [0.4, 0.5) is 0 Å². The van der Waals surface area contributed by atoms with Crippen LogP contribution < -0.4 is 0 Å². The van der Waals surface area contributed by atoms with Gasteiger partial charge in [0.15, 0.2) is 0 Å². The lowest BCUT2D eigenvalue weighted by molar-refractivity contribution is 0.591. The minimum absolute atomic E-state index is 0.589. The fourth-order valence-corrected chi connectivity index (χ4v) is 1.43. The van der Waals surface area contributed by atoms with Crippen LogP contribution in [0.2, 0.25) is 0 Å². The first-order valence-corrected chi connectivity index (χ1v) is 4.26. The molecule has 1 aliphatic rings. The third kappa shape index (κ3) is 1.83. The van der Waals surface area contributed by atoms with E-state index in [0.29, 0.717) is 12.0 Å². The van der Waals surface area contributed by atoms with E-state index in [1.54, 1.807) is 0 Å². The lowest BCUT2D eigenvalue weighted by atomic mass is 9.97. The number of aliphatic imine (C=N–C) groups is 1. The number of hydrogen-bond acceptors (Lipinski definition) is 1. The maximum Gasteiger partial charge on any atom is 0.0471 e. The van der Waals surface area contributed by atoms with Crippen LogP contribution in [-0.2, 0) is 0 Å². The summed E-state index contributed by atoms with van der Waals surface area (Å²) in [6.45, 7) is 6.68. The van der Waals surface area contributed by atoms with Gasteiger partial charge in [-0.1, -0.05) is 13.8 Å². The molecule has 1 unspecified atom stereocenters. The van der Waals surface area contributed by atoms with Crippen LogP contribution in [-0.4, -0.2) is 11.8 Å². The molecule has 0 fully saturated rings. The fourth-order valence-electron chi connectivity index (χ4n) is 1.43. The molecule has 0 aromatic carbocycles. The Bertz CT molecular complexity index is 136. The third-order valence-corrected chi connectivity index (χ3v) is 2.11. The van der Waals surface area contributed by atoms with Gasteiger partial charge in [0.2, 0.25) is 0 Å². The smallest absolute Gasteiger partial charge is 0.0471 e. The minimum atomic E-state index is 0.589. The van der Waals surface area contributed by atoms with Crippen LogP contribution in [0.3, 0.4) is 0 Å². The van der Waals surface area contributed by atoms with Crippen molar-refractivity contribution >= 4 is 5.71 Å². The summed E-state index contributed by atoms with van der Waals surface area (Å²) in [5, 5.41) is 0. The topological polar surface area (TPSA) is 12.4 Å². The van der Waals surface area contributed by atoms with Crippen molar-refractivity contribution in [2.24, 2.45) is 10.9 Å². The monoisotopic (exact) mass is 139 g/mol. The van der Waals surface area contributed by atoms with Crippen molar-refractivity contribution in [3.63, 3.8) is 0 Å². The Kier molecular flexibility index (Phi) is 2.47. The first-order chi connectivity index (χ1) is 4.70. The number of nitrogens with zero attached hydrogens (tertiary/aromatic N) is 1. The highest BCUT2D eigenvalue weighted by atomic mass is 14.8. The molecule has 1 heterocycles. The lowest BCUT2D eigenvalue weighted by Gasteiger charge is -2.19. The molecule has 0 saturated heterocycles. The average molecular weight is 139 g/mol. The Hall–Kier alpha value is -0.330. The van der Waals surface area contributed by atoms with Gasteiger partial charge in [-0.2, -0.15) is 0 Å². The molecule has 1 aliphatic heterocycles. The minimum Gasteiger partial charge on any atom is -0.291 e. The van der Waals surface area contributed by atoms with Crippen molar-refractivity contribution in [3.05, 3.63) is 0 Å². The van der Waals surface area contributed by atoms with Crippen molar-refractivity contribution in [2.45, 2.75) is 46.1 Å². The van der Waals surface area contributed by atoms with Crippen molar-refractivity contribution in [1.82, 2.24) is 0 Å². The molecule has 0 amide bonds. The molecule has 1 heteroatoms. The summed E-state index contributed by atoms with van der Waals surface area (Å²) in [5.41, 5.74) is 1.43. The van der Waals surface area contributed by atoms with E-state index in [1.165, 1.54) is 25.0 Å². The zero-order chi connectivity index (χ0) is 7.56. The van der Waals surface area contributed by atoms with Crippen LogP contribution in [0, 0.1) is 5.92 Å². The van der Waals surface area contributed by atoms with Gasteiger partial charge < -0.3 is 0 Å². The Morgan fingerprint density at radius 1 is 1.50 bits per heavy atom. The molecule has 0 saturated carbocycles. The average Bonchev–Trinajstić information content (AvgIpc) is 1.88. The molecule has 0 bridgehead atoms. The summed E-state index contributed by atoms with van der Waals surface area (Å²) in [7, 11) is 0. The van der Waals surface area contributed by atoms with Crippen molar-refractivity contribution < 1.29 is 0 Å². The van der Waals surface area contributed by atoms with Gasteiger partial charge in [-0.05, 0) is 32.1 Å². The zero-order valence-corrected chi connectivity index (χ0v) is 7.22. The molecule has 0 aromatic rings. The second kappa shape index (κ2) is 3.18. The summed E-state index contributed by atoms with van der Waals surface area (Å²) in [4.78, 5) is 4.60. The first-order valence-electron chi connectivity index (χ1n) is 4.26. The molecule has 1 atom stereocenters. The molecule has 1 rings (SSSR count). The van der Waals surface area contributed by atoms with Crippen molar-refractivity contribution in [3.8, 4) is 0 Å². The maximum absolute atomic E-state index is 4.60. The van der Waals surface area contributed by atoms with E-state index in [-0.39, 0.29) is 0 Å². The third-order valence-electron chi connectivity index (χ3n) is 2.11. The van der Waals surface area contributed by atoms with Crippen LogP contribution in [0.25, 0.3) is 0 Å². The highest BCUT2D eigenvalue weighted by molar-refractivity contribution is 5.86. The predicted octanol–water partition coefficient (Wildman–Crippen LogP) is 2.66. The van der Waals surface area contributed by atoms with Gasteiger partial charge in [0.05, 0.1) is 0 Å². The van der Waals surface area contributed by atoms with Gasteiger partial charge in [-0.25, -0.2) is 0 Å². The van der Waals surface area contributed by atoms with Gasteiger partial charge in [0.25, 0.3) is 0 Å². The number of rotatable bonds is 1. The summed E-state index contributed by atoms with van der Waals surface area (Å²) in [6, 6.07) is 0.589. The quantitative estimate of drug-likeness (QED) is 0.529. The summed E-state index contributed by atoms with van der Waals surface area (Å²) in [6.07, 6.45) is 3.87. The Morgan fingerprint density at radius 3 is 2.60 bits per heavy atom. The van der Waals surface area contributed by atoms with Crippen LogP contribution in [0.1, 0.15) is 40.0 Å². The number of hydrogen-bond donors (Lipinski definition) is 0. The highest BCUT2D eigenvalue weighted by Gasteiger charge is 2.12. The molecule has 58 valence electrons. The molecule has 0 spiro atoms. The van der Waals surface area contributed by atoms with Gasteiger partial charge in [-0.15, -0.1) is 0 Å². The van der Waals surface area contributed by atoms with Crippen LogP contribution in [0.15, 0.2) is 4.99 Å². The molecule has 0 radical (unpaired) electrons. The highest BCUT2D eigenvalue weighted by Crippen LogP contribution is 2.16. The van der Waals surface area contributed by atoms with E-state index in [1.807, 2.05) is 0 Å². The van der Waals surface area contributed by atoms with E-state index in [9.17, 15) is 0 Å². The SMILES string of the molecule is CC1CCCC(C(C)C)=N1. The van der Waals surface area contributed by atoms with E-state index in [2.05, 4.69) is 25.8 Å². The zero-order valence-electron chi connectivity index (χ0n) is 7.22. The van der Waals surface area contributed by atoms with Gasteiger partial charge in [-0.3, -0.25) is 4.99 Å². The summed E-state index contributed by atoms with van der Waals surface area (Å²) < 4.78 is 0. The predicted molar refractivity (Wildman–Crippen MR) is 45.6 cm³/mol. The lowest BCUT2D eigenvalue weighted by Crippen LogP contribution is -2.16. The first kappa shape index (κ1) is 7.77. The summed E-state index contributed by atoms with van der Waals surface area (Å²) in [5.74, 6) is 0.669. The molecule has 0 N–H and O–H groups in total. The summed E-state index contributed by atoms with van der Waals surface area (Å²) >= 11 is 0. The molecular weight excluding hydrogens is 122 g/mol. The largest absolute Gasteiger partial charge is 0.291 e. The van der Waals surface area contributed by atoms with Crippen LogP contribution in [0.5, 0.6) is 0 Å². The van der Waals surface area contributed by atoms with Crippen molar-refractivity contribution in [1.29, 1.82) is 0 Å². The second-order valence-corrected chi connectivity index (χ2v) is 3.52. The fraction of sp³-hybridized carbons (Fsp3) is 0.889. The van der Waals surface area contributed by atoms with Gasteiger partial charge in [0, 0.05) is 11.8 Å². The molecule has 0 aliphatic carbocycles. The second-order valence-electron chi connectivity index (χ2n) is 3.52. The van der Waals surface area contributed by atoms with E-state index >= 15 is 0 Å². The molecule has 0 aromatic heterocycles. The Morgan fingerprint density at radius 2 is 2.20 bits per heavy atom. The van der Waals surface area contributed by atoms with E-state index in [4.69, 9.17) is 0 Å². The molecule has 10 heavy (non-hydrogen) atoms. The Balaban J connectivity index is 2.57. The standard InChI is InChI=1S/C9H17N/c1-7(2)9-6-4-5-8(3)10-9/h7-8H,4-6H2,1-3H3. The van der Waals surface area contributed by atoms with Crippen LogP contribution >= 0.6 is 0 Å². The maximum atomic E-state index is 4.60. The normalized spacial score (nSPS) is 26.8. The molecular formula is C9H17N.